The van der Waals surface area contributed by atoms with Gasteiger partial charge in [0.05, 0.1) is 18.0 Å². The van der Waals surface area contributed by atoms with Crippen molar-refractivity contribution in [1.29, 1.82) is 0 Å². The van der Waals surface area contributed by atoms with Crippen molar-refractivity contribution in [2.75, 3.05) is 0 Å². The SMILES string of the molecule is Oc1ccc(-c2csc(=NC3CC3)n2/N=C/c2ccccc2F)c(O)c1. The number of halogens is 1. The molecule has 0 aliphatic heterocycles. The van der Waals surface area contributed by atoms with Crippen molar-refractivity contribution in [3.8, 4) is 22.8 Å². The van der Waals surface area contributed by atoms with E-state index in [2.05, 4.69) is 10.1 Å². The van der Waals surface area contributed by atoms with Gasteiger partial charge in [-0.15, -0.1) is 11.3 Å². The number of phenols is 2. The highest BCUT2D eigenvalue weighted by Crippen LogP contribution is 2.32. The third-order valence-electron chi connectivity index (χ3n) is 4.00. The lowest BCUT2D eigenvalue weighted by atomic mass is 10.1. The maximum Gasteiger partial charge on any atom is 0.206 e. The van der Waals surface area contributed by atoms with Gasteiger partial charge in [0, 0.05) is 22.6 Å². The lowest BCUT2D eigenvalue weighted by Crippen LogP contribution is -2.13. The Morgan fingerprint density at radius 2 is 1.96 bits per heavy atom. The molecule has 7 heteroatoms. The van der Waals surface area contributed by atoms with Crippen LogP contribution in [0.4, 0.5) is 4.39 Å². The van der Waals surface area contributed by atoms with E-state index in [1.165, 1.54) is 35.8 Å². The average molecular weight is 369 g/mol. The number of nitrogens with zero attached hydrogens (tertiary/aromatic N) is 3. The summed E-state index contributed by atoms with van der Waals surface area (Å²) in [4.78, 5) is 5.32. The molecule has 2 aromatic carbocycles. The summed E-state index contributed by atoms with van der Waals surface area (Å²) < 4.78 is 15.5. The Hall–Kier alpha value is -2.93. The zero-order valence-corrected chi connectivity index (χ0v) is 14.5. The maximum absolute atomic E-state index is 13.9. The van der Waals surface area contributed by atoms with Gasteiger partial charge >= 0.3 is 0 Å². The van der Waals surface area contributed by atoms with Crippen LogP contribution >= 0.6 is 11.3 Å². The molecule has 0 saturated heterocycles. The van der Waals surface area contributed by atoms with Crippen LogP contribution in [0.5, 0.6) is 11.5 Å². The van der Waals surface area contributed by atoms with Gasteiger partial charge < -0.3 is 10.2 Å². The molecule has 1 saturated carbocycles. The molecule has 1 heterocycles. The van der Waals surface area contributed by atoms with Crippen LogP contribution in [0.25, 0.3) is 11.3 Å². The van der Waals surface area contributed by atoms with Gasteiger partial charge in [-0.1, -0.05) is 18.2 Å². The number of thiazole rings is 1. The monoisotopic (exact) mass is 369 g/mol. The quantitative estimate of drug-likeness (QED) is 0.688. The zero-order valence-electron chi connectivity index (χ0n) is 13.7. The molecule has 5 nitrogen and oxygen atoms in total. The van der Waals surface area contributed by atoms with Gasteiger partial charge in [-0.25, -0.2) is 9.07 Å². The van der Waals surface area contributed by atoms with Crippen molar-refractivity contribution in [2.24, 2.45) is 10.1 Å². The molecule has 26 heavy (non-hydrogen) atoms. The molecule has 3 aromatic rings. The Morgan fingerprint density at radius 1 is 1.15 bits per heavy atom. The lowest BCUT2D eigenvalue weighted by Gasteiger charge is -2.06. The number of rotatable bonds is 4. The van der Waals surface area contributed by atoms with Gasteiger partial charge in [-0.3, -0.25) is 4.99 Å². The number of benzene rings is 2. The van der Waals surface area contributed by atoms with Gasteiger partial charge in [0.25, 0.3) is 0 Å². The van der Waals surface area contributed by atoms with Crippen LogP contribution in [0.15, 0.2) is 57.9 Å². The summed E-state index contributed by atoms with van der Waals surface area (Å²) in [7, 11) is 0. The average Bonchev–Trinajstić information content (AvgIpc) is 3.35. The summed E-state index contributed by atoms with van der Waals surface area (Å²) >= 11 is 1.41. The number of aromatic nitrogens is 1. The molecule has 0 bridgehead atoms. The molecule has 1 aliphatic rings. The van der Waals surface area contributed by atoms with E-state index < -0.39 is 0 Å². The fourth-order valence-corrected chi connectivity index (χ4v) is 3.38. The molecule has 1 aliphatic carbocycles. The number of phenolic OH excluding ortho intramolecular Hbond substituents is 2. The standard InChI is InChI=1S/C19H16FN3O2S/c20-16-4-2-1-3-12(16)10-21-23-17(11-26-19(23)22-13-5-6-13)15-8-7-14(24)9-18(15)25/h1-4,7-11,13,24-25H,5-6H2/b21-10+,22-19?. The van der Waals surface area contributed by atoms with Gasteiger partial charge in [-0.05, 0) is 31.0 Å². The smallest absolute Gasteiger partial charge is 0.206 e. The van der Waals surface area contributed by atoms with Crippen LogP contribution in [0.1, 0.15) is 18.4 Å². The second kappa shape index (κ2) is 6.76. The highest BCUT2D eigenvalue weighted by molar-refractivity contribution is 7.07. The van der Waals surface area contributed by atoms with E-state index in [4.69, 9.17) is 0 Å². The summed E-state index contributed by atoms with van der Waals surface area (Å²) in [6.07, 6.45) is 3.54. The van der Waals surface area contributed by atoms with E-state index >= 15 is 0 Å². The molecule has 4 rings (SSSR count). The summed E-state index contributed by atoms with van der Waals surface area (Å²) in [6, 6.07) is 11.1. The third-order valence-corrected chi connectivity index (χ3v) is 4.83. The maximum atomic E-state index is 13.9. The van der Waals surface area contributed by atoms with Gasteiger partial charge in [0.15, 0.2) is 0 Å². The van der Waals surface area contributed by atoms with E-state index in [1.54, 1.807) is 28.9 Å². The summed E-state index contributed by atoms with van der Waals surface area (Å²) in [6.45, 7) is 0. The predicted octanol–water partition coefficient (Wildman–Crippen LogP) is 3.71. The van der Waals surface area contributed by atoms with Crippen molar-refractivity contribution in [3.05, 3.63) is 64.0 Å². The molecule has 0 spiro atoms. The van der Waals surface area contributed by atoms with E-state index in [-0.39, 0.29) is 17.3 Å². The summed E-state index contributed by atoms with van der Waals surface area (Å²) in [5, 5.41) is 26.0. The first-order chi connectivity index (χ1) is 12.6. The Bertz CT molecular complexity index is 1050. The largest absolute Gasteiger partial charge is 0.508 e. The molecule has 0 amide bonds. The second-order valence-corrected chi connectivity index (χ2v) is 6.88. The normalized spacial score (nSPS) is 15.0. The van der Waals surface area contributed by atoms with Crippen molar-refractivity contribution in [2.45, 2.75) is 18.9 Å². The zero-order chi connectivity index (χ0) is 18.1. The first kappa shape index (κ1) is 16.5. The van der Waals surface area contributed by atoms with Crippen molar-refractivity contribution >= 4 is 17.6 Å². The fraction of sp³-hybridized carbons (Fsp3) is 0.158. The molecule has 1 aromatic heterocycles. The second-order valence-electron chi connectivity index (χ2n) is 6.04. The molecular weight excluding hydrogens is 353 g/mol. The number of aromatic hydroxyl groups is 2. The van der Waals surface area contributed by atoms with Crippen LogP contribution in [-0.4, -0.2) is 27.1 Å². The lowest BCUT2D eigenvalue weighted by molar-refractivity contribution is 0.451. The van der Waals surface area contributed by atoms with E-state index in [0.717, 1.165) is 12.8 Å². The van der Waals surface area contributed by atoms with Crippen molar-refractivity contribution < 1.29 is 14.6 Å². The topological polar surface area (TPSA) is 70.1 Å². The minimum Gasteiger partial charge on any atom is -0.508 e. The molecular formula is C19H16FN3O2S. The highest BCUT2D eigenvalue weighted by Gasteiger charge is 2.21. The third kappa shape index (κ3) is 3.39. The minimum absolute atomic E-state index is 0.0224. The Labute approximate surface area is 153 Å². The first-order valence-corrected chi connectivity index (χ1v) is 9.05. The molecule has 0 unspecified atom stereocenters. The first-order valence-electron chi connectivity index (χ1n) is 8.17. The van der Waals surface area contributed by atoms with Crippen molar-refractivity contribution in [3.63, 3.8) is 0 Å². The van der Waals surface area contributed by atoms with E-state index in [9.17, 15) is 14.6 Å². The fourth-order valence-electron chi connectivity index (χ4n) is 2.48. The van der Waals surface area contributed by atoms with Crippen LogP contribution in [0.3, 0.4) is 0 Å². The molecule has 1 fully saturated rings. The predicted molar refractivity (Wildman–Crippen MR) is 99.1 cm³/mol. The Kier molecular flexibility index (Phi) is 4.30. The van der Waals surface area contributed by atoms with Gasteiger partial charge in [0.2, 0.25) is 4.80 Å². The molecule has 132 valence electrons. The molecule has 0 atom stereocenters. The van der Waals surface area contributed by atoms with Gasteiger partial charge in [-0.2, -0.15) is 5.10 Å². The molecule has 2 N–H and O–H groups in total. The molecule has 0 radical (unpaired) electrons. The van der Waals surface area contributed by atoms with Crippen LogP contribution in [0.2, 0.25) is 0 Å². The van der Waals surface area contributed by atoms with E-state index in [1.807, 2.05) is 5.38 Å². The minimum atomic E-state index is -0.359. The van der Waals surface area contributed by atoms with E-state index in [0.29, 0.717) is 27.7 Å². The van der Waals surface area contributed by atoms with Crippen LogP contribution in [-0.2, 0) is 0 Å². The highest BCUT2D eigenvalue weighted by atomic mass is 32.1. The van der Waals surface area contributed by atoms with Crippen molar-refractivity contribution in [1.82, 2.24) is 4.68 Å². The Balaban J connectivity index is 1.83. The van der Waals surface area contributed by atoms with Crippen LogP contribution < -0.4 is 4.80 Å². The Morgan fingerprint density at radius 3 is 2.69 bits per heavy atom. The van der Waals surface area contributed by atoms with Crippen LogP contribution in [0, 0.1) is 5.82 Å². The summed E-state index contributed by atoms with van der Waals surface area (Å²) in [5.74, 6) is -0.441. The van der Waals surface area contributed by atoms with Gasteiger partial charge in [0.1, 0.15) is 17.3 Å². The summed E-state index contributed by atoms with van der Waals surface area (Å²) in [5.41, 5.74) is 1.51. The number of hydrogen-bond donors (Lipinski definition) is 2. The number of hydrogen-bond acceptors (Lipinski definition) is 5.